The Labute approximate surface area is 145 Å². The van der Waals surface area contributed by atoms with E-state index in [-0.39, 0.29) is 34.7 Å². The molecule has 0 radical (unpaired) electrons. The lowest BCUT2D eigenvalue weighted by Crippen LogP contribution is -2.16. The zero-order chi connectivity index (χ0) is 18.2. The van der Waals surface area contributed by atoms with Gasteiger partial charge in [-0.15, -0.1) is 0 Å². The molecule has 0 saturated heterocycles. The van der Waals surface area contributed by atoms with Gasteiger partial charge in [0.1, 0.15) is 18.1 Å². The monoisotopic (exact) mass is 372 g/mol. The van der Waals surface area contributed by atoms with Gasteiger partial charge in [0, 0.05) is 12.3 Å². The van der Waals surface area contributed by atoms with Crippen LogP contribution in [0.4, 0.5) is 18.9 Å². The largest absolute Gasteiger partial charge is 0.469 e. The Kier molecular flexibility index (Phi) is 6.58. The van der Waals surface area contributed by atoms with Crippen LogP contribution in [0.2, 0.25) is 5.02 Å². The van der Waals surface area contributed by atoms with Gasteiger partial charge in [0.05, 0.1) is 16.9 Å². The second kappa shape index (κ2) is 8.88. The van der Waals surface area contributed by atoms with Crippen LogP contribution in [-0.2, 0) is 0 Å². The zero-order valence-corrected chi connectivity index (χ0v) is 13.3. The number of aromatic nitrogens is 1. The lowest BCUT2D eigenvalue weighted by atomic mass is 10.3. The molecule has 0 aliphatic heterocycles. The highest BCUT2D eigenvalue weighted by Crippen LogP contribution is 2.30. The Hall–Kier alpha value is -2.81. The molecule has 0 bridgehead atoms. The highest BCUT2D eigenvalue weighted by molar-refractivity contribution is 6.32. The summed E-state index contributed by atoms with van der Waals surface area (Å²) in [5.74, 6) is 4.15. The summed E-state index contributed by atoms with van der Waals surface area (Å²) >= 11 is 5.75. The number of rotatable bonds is 7. The van der Waals surface area contributed by atoms with E-state index in [0.29, 0.717) is 0 Å². The molecule has 0 fully saturated rings. The molecule has 10 heteroatoms. The van der Waals surface area contributed by atoms with Gasteiger partial charge in [-0.2, -0.15) is 13.9 Å². The second-order valence-electron chi connectivity index (χ2n) is 4.45. The van der Waals surface area contributed by atoms with Crippen LogP contribution in [0.15, 0.2) is 46.6 Å². The van der Waals surface area contributed by atoms with Crippen molar-refractivity contribution < 1.29 is 22.6 Å². The van der Waals surface area contributed by atoms with E-state index in [1.165, 1.54) is 42.7 Å². The van der Waals surface area contributed by atoms with Crippen LogP contribution in [-0.4, -0.2) is 30.1 Å². The molecule has 0 aliphatic carbocycles. The molecule has 2 aromatic rings. The highest BCUT2D eigenvalue weighted by atomic mass is 35.5. The fraction of sp³-hybridized carbons (Fsp3) is 0.133. The van der Waals surface area contributed by atoms with Gasteiger partial charge in [-0.1, -0.05) is 11.6 Å². The normalized spacial score (nSPS) is 12.0. The van der Waals surface area contributed by atoms with Crippen LogP contribution >= 0.6 is 11.6 Å². The molecular weight excluding hydrogens is 361 g/mol. The zero-order valence-electron chi connectivity index (χ0n) is 12.6. The van der Waals surface area contributed by atoms with E-state index >= 15 is 0 Å². The molecule has 0 amide bonds. The van der Waals surface area contributed by atoms with E-state index in [9.17, 15) is 13.2 Å². The second-order valence-corrected chi connectivity index (χ2v) is 4.86. The minimum absolute atomic E-state index is 0.0147. The summed E-state index contributed by atoms with van der Waals surface area (Å²) in [5.41, 5.74) is 0.432. The number of nitrogens with two attached hydrogens (primary N) is 1. The maximum Gasteiger partial charge on any atom is 0.387 e. The number of pyridine rings is 1. The van der Waals surface area contributed by atoms with Crippen LogP contribution in [0.5, 0.6) is 11.6 Å². The van der Waals surface area contributed by atoms with E-state index in [2.05, 4.69) is 19.8 Å². The maximum atomic E-state index is 13.4. The van der Waals surface area contributed by atoms with Gasteiger partial charge in [0.2, 0.25) is 0 Å². The number of halogens is 4. The molecule has 2 rings (SSSR count). The lowest BCUT2D eigenvalue weighted by molar-refractivity contribution is -0.0497. The number of hydrogen-bond donors (Lipinski definition) is 1. The summed E-state index contributed by atoms with van der Waals surface area (Å²) in [6, 6.07) is 6.66. The number of nitrogens with zero attached hydrogens (tertiary/aromatic N) is 3. The van der Waals surface area contributed by atoms with Crippen molar-refractivity contribution in [2.75, 3.05) is 6.61 Å². The minimum Gasteiger partial charge on any atom is -0.469 e. The summed E-state index contributed by atoms with van der Waals surface area (Å²) in [6.45, 7) is -3.21. The van der Waals surface area contributed by atoms with Crippen molar-refractivity contribution in [1.82, 2.24) is 4.98 Å². The number of ether oxygens (including phenoxy) is 2. The molecule has 1 heterocycles. The predicted molar refractivity (Wildman–Crippen MR) is 87.5 cm³/mol. The van der Waals surface area contributed by atoms with Crippen molar-refractivity contribution in [1.29, 1.82) is 0 Å². The van der Waals surface area contributed by atoms with E-state index < -0.39 is 12.4 Å². The Bertz CT molecular complexity index is 787. The molecule has 0 aliphatic rings. The summed E-state index contributed by atoms with van der Waals surface area (Å²) in [7, 11) is 0. The van der Waals surface area contributed by atoms with Crippen LogP contribution in [0, 0.1) is 5.82 Å². The number of benzene rings is 1. The van der Waals surface area contributed by atoms with Crippen LogP contribution in [0.3, 0.4) is 0 Å². The van der Waals surface area contributed by atoms with Gasteiger partial charge < -0.3 is 15.3 Å². The Morgan fingerprint density at radius 3 is 2.84 bits per heavy atom. The summed E-state index contributed by atoms with van der Waals surface area (Å²) in [6.07, 6.45) is 2.60. The quantitative estimate of drug-likeness (QED) is 0.457. The van der Waals surface area contributed by atoms with Crippen molar-refractivity contribution in [3.63, 3.8) is 0 Å². The average molecular weight is 373 g/mol. The minimum atomic E-state index is -3.01. The molecule has 6 nitrogen and oxygen atoms in total. The topological polar surface area (TPSA) is 82.1 Å². The third-order valence-electron chi connectivity index (χ3n) is 2.74. The van der Waals surface area contributed by atoms with Crippen molar-refractivity contribution in [2.24, 2.45) is 15.9 Å². The van der Waals surface area contributed by atoms with Crippen LogP contribution in [0.25, 0.3) is 0 Å². The van der Waals surface area contributed by atoms with Gasteiger partial charge in [0.25, 0.3) is 5.88 Å². The van der Waals surface area contributed by atoms with Crippen molar-refractivity contribution >= 4 is 29.2 Å². The molecule has 1 aromatic carbocycles. The third-order valence-corrected chi connectivity index (χ3v) is 3.05. The molecule has 0 saturated carbocycles. The fourth-order valence-electron chi connectivity index (χ4n) is 1.64. The molecule has 0 atom stereocenters. The van der Waals surface area contributed by atoms with E-state index in [1.807, 2.05) is 0 Å². The van der Waals surface area contributed by atoms with Crippen LogP contribution in [0.1, 0.15) is 0 Å². The molecular formula is C15H12ClF3N4O2. The summed E-state index contributed by atoms with van der Waals surface area (Å²) < 4.78 is 47.4. The third kappa shape index (κ3) is 5.64. The molecule has 0 unspecified atom stereocenters. The first-order valence-corrected chi connectivity index (χ1v) is 7.16. The van der Waals surface area contributed by atoms with Gasteiger partial charge in [-0.3, -0.25) is 4.99 Å². The average Bonchev–Trinajstić information content (AvgIpc) is 2.58. The molecule has 132 valence electrons. The van der Waals surface area contributed by atoms with Crippen LogP contribution < -0.4 is 15.3 Å². The van der Waals surface area contributed by atoms with Gasteiger partial charge in [-0.05, 0) is 24.3 Å². The molecule has 1 aromatic heterocycles. The SMILES string of the molecule is NN=C(C=Nc1ccc(Cl)c(OC(F)F)c1)COc1ncccc1F. The Morgan fingerprint density at radius 2 is 2.16 bits per heavy atom. The Balaban J connectivity index is 2.05. The Morgan fingerprint density at radius 1 is 1.36 bits per heavy atom. The van der Waals surface area contributed by atoms with E-state index in [1.54, 1.807) is 0 Å². The first kappa shape index (κ1) is 18.5. The highest BCUT2D eigenvalue weighted by Gasteiger charge is 2.09. The van der Waals surface area contributed by atoms with Crippen molar-refractivity contribution in [2.45, 2.75) is 6.61 Å². The van der Waals surface area contributed by atoms with E-state index in [4.69, 9.17) is 22.2 Å². The smallest absolute Gasteiger partial charge is 0.387 e. The lowest BCUT2D eigenvalue weighted by Gasteiger charge is -2.07. The van der Waals surface area contributed by atoms with E-state index in [0.717, 1.165) is 0 Å². The van der Waals surface area contributed by atoms with Gasteiger partial charge in [0.15, 0.2) is 5.82 Å². The molecule has 25 heavy (non-hydrogen) atoms. The number of hydrogen-bond acceptors (Lipinski definition) is 6. The summed E-state index contributed by atoms with van der Waals surface area (Å²) in [5, 5.41) is 3.47. The standard InChI is InChI=1S/C15H12ClF3N4O2/c16-11-4-3-9(6-13(11)25-15(18)19)22-7-10(23-20)8-24-14-12(17)2-1-5-21-14/h1-7,15H,8,20H2. The van der Waals surface area contributed by atoms with Crippen molar-refractivity contribution in [3.05, 3.63) is 47.4 Å². The maximum absolute atomic E-state index is 13.4. The molecule has 2 N–H and O–H groups in total. The van der Waals surface area contributed by atoms with Gasteiger partial charge >= 0.3 is 6.61 Å². The molecule has 0 spiro atoms. The fourth-order valence-corrected chi connectivity index (χ4v) is 1.80. The number of hydrazone groups is 1. The summed E-state index contributed by atoms with van der Waals surface area (Å²) in [4.78, 5) is 7.72. The first-order valence-electron chi connectivity index (χ1n) is 6.78. The number of aliphatic imine (C=N–C) groups is 1. The van der Waals surface area contributed by atoms with Crippen molar-refractivity contribution in [3.8, 4) is 11.6 Å². The first-order chi connectivity index (χ1) is 12.0. The van der Waals surface area contributed by atoms with Gasteiger partial charge in [-0.25, -0.2) is 9.37 Å². The number of alkyl halides is 2. The predicted octanol–water partition coefficient (Wildman–Crippen LogP) is 3.57.